The summed E-state index contributed by atoms with van der Waals surface area (Å²) < 4.78 is 52.4. The molecule has 120 valence electrons. The molecular formula is C13H19BrF2N2O2S. The van der Waals surface area contributed by atoms with Crippen LogP contribution in [0.5, 0.6) is 0 Å². The van der Waals surface area contributed by atoms with Gasteiger partial charge < -0.3 is 5.32 Å². The molecule has 0 spiro atoms. The zero-order valence-corrected chi connectivity index (χ0v) is 14.2. The van der Waals surface area contributed by atoms with Crippen molar-refractivity contribution in [2.45, 2.75) is 26.2 Å². The maximum absolute atomic E-state index is 13.5. The van der Waals surface area contributed by atoms with E-state index in [-0.39, 0.29) is 15.9 Å². The molecule has 0 amide bonds. The Morgan fingerprint density at radius 1 is 1.14 bits per heavy atom. The van der Waals surface area contributed by atoms with Crippen LogP contribution < -0.4 is 10.0 Å². The van der Waals surface area contributed by atoms with Gasteiger partial charge in [0, 0.05) is 6.07 Å². The number of unbranched alkanes of at least 4 members (excludes halogenated alkanes) is 1. The molecule has 8 heteroatoms. The van der Waals surface area contributed by atoms with E-state index in [1.54, 1.807) is 0 Å². The summed E-state index contributed by atoms with van der Waals surface area (Å²) in [5.41, 5.74) is -0.257. The minimum atomic E-state index is -3.64. The Hall–Kier alpha value is -0.730. The van der Waals surface area contributed by atoms with Gasteiger partial charge in [0.15, 0.2) is 0 Å². The van der Waals surface area contributed by atoms with Crippen LogP contribution in [-0.4, -0.2) is 27.3 Å². The SMILES string of the molecule is CCCNCCCCS(=O)(=O)Nc1cc(Br)c(F)cc1F. The molecule has 1 rings (SSSR count). The molecule has 4 nitrogen and oxygen atoms in total. The lowest BCUT2D eigenvalue weighted by Gasteiger charge is -2.10. The van der Waals surface area contributed by atoms with Crippen molar-refractivity contribution in [2.24, 2.45) is 0 Å². The third-order valence-electron chi connectivity index (χ3n) is 2.72. The molecule has 0 bridgehead atoms. The van der Waals surface area contributed by atoms with Crippen LogP contribution in [0, 0.1) is 11.6 Å². The molecule has 0 aromatic heterocycles. The normalized spacial score (nSPS) is 11.6. The van der Waals surface area contributed by atoms with Gasteiger partial charge >= 0.3 is 0 Å². The lowest BCUT2D eigenvalue weighted by molar-refractivity contribution is 0.577. The van der Waals surface area contributed by atoms with Crippen molar-refractivity contribution in [3.63, 3.8) is 0 Å². The minimum Gasteiger partial charge on any atom is -0.317 e. The molecule has 0 saturated heterocycles. The van der Waals surface area contributed by atoms with E-state index in [0.717, 1.165) is 32.0 Å². The maximum Gasteiger partial charge on any atom is 0.232 e. The van der Waals surface area contributed by atoms with Gasteiger partial charge in [0.2, 0.25) is 10.0 Å². The summed E-state index contributed by atoms with van der Waals surface area (Å²) >= 11 is 2.89. The van der Waals surface area contributed by atoms with Crippen LogP contribution in [0.2, 0.25) is 0 Å². The van der Waals surface area contributed by atoms with E-state index >= 15 is 0 Å². The van der Waals surface area contributed by atoms with Gasteiger partial charge in [-0.1, -0.05) is 6.92 Å². The molecule has 21 heavy (non-hydrogen) atoms. The molecule has 0 aliphatic heterocycles. The van der Waals surface area contributed by atoms with Crippen molar-refractivity contribution >= 4 is 31.6 Å². The Morgan fingerprint density at radius 3 is 2.52 bits per heavy atom. The first-order valence-corrected chi connectivity index (χ1v) is 9.16. The Bertz CT molecular complexity index is 568. The Labute approximate surface area is 132 Å². The van der Waals surface area contributed by atoms with E-state index < -0.39 is 21.7 Å². The average molecular weight is 385 g/mol. The van der Waals surface area contributed by atoms with Crippen molar-refractivity contribution in [1.29, 1.82) is 0 Å². The smallest absolute Gasteiger partial charge is 0.232 e. The van der Waals surface area contributed by atoms with Gasteiger partial charge in [-0.05, 0) is 54.3 Å². The number of halogens is 3. The lowest BCUT2D eigenvalue weighted by Crippen LogP contribution is -2.20. The molecule has 0 heterocycles. The summed E-state index contributed by atoms with van der Waals surface area (Å²) in [5, 5.41) is 3.17. The Kier molecular flexibility index (Phi) is 7.55. The van der Waals surface area contributed by atoms with E-state index in [0.29, 0.717) is 12.5 Å². The molecule has 0 unspecified atom stereocenters. The third-order valence-corrected chi connectivity index (χ3v) is 4.68. The number of hydrogen-bond donors (Lipinski definition) is 2. The maximum atomic E-state index is 13.5. The highest BCUT2D eigenvalue weighted by molar-refractivity contribution is 9.10. The number of benzene rings is 1. The van der Waals surface area contributed by atoms with Crippen molar-refractivity contribution in [1.82, 2.24) is 5.32 Å². The van der Waals surface area contributed by atoms with Crippen LogP contribution in [-0.2, 0) is 10.0 Å². The second-order valence-corrected chi connectivity index (χ2v) is 7.32. The molecule has 0 radical (unpaired) electrons. The van der Waals surface area contributed by atoms with E-state index in [1.807, 2.05) is 0 Å². The lowest BCUT2D eigenvalue weighted by atomic mass is 10.3. The second kappa shape index (κ2) is 8.65. The highest BCUT2D eigenvalue weighted by atomic mass is 79.9. The van der Waals surface area contributed by atoms with E-state index in [1.165, 1.54) is 0 Å². The molecule has 0 fully saturated rings. The summed E-state index contributed by atoms with van der Waals surface area (Å²) in [6.07, 6.45) is 2.21. The minimum absolute atomic E-state index is 0.00497. The summed E-state index contributed by atoms with van der Waals surface area (Å²) in [4.78, 5) is 0. The van der Waals surface area contributed by atoms with Crippen molar-refractivity contribution in [2.75, 3.05) is 23.6 Å². The van der Waals surface area contributed by atoms with Gasteiger partial charge in [0.05, 0.1) is 15.9 Å². The molecule has 2 N–H and O–H groups in total. The first kappa shape index (κ1) is 18.3. The van der Waals surface area contributed by atoms with Gasteiger partial charge in [0.25, 0.3) is 0 Å². The van der Waals surface area contributed by atoms with Crippen molar-refractivity contribution in [3.8, 4) is 0 Å². The largest absolute Gasteiger partial charge is 0.317 e. The standard InChI is InChI=1S/C13H19BrF2N2O2S/c1-2-5-17-6-3-4-7-21(19,20)18-13-8-10(14)11(15)9-12(13)16/h8-9,17-18H,2-7H2,1H3. The topological polar surface area (TPSA) is 58.2 Å². The zero-order valence-electron chi connectivity index (χ0n) is 11.8. The number of rotatable bonds is 9. The summed E-state index contributed by atoms with van der Waals surface area (Å²) in [5.74, 6) is -1.82. The van der Waals surface area contributed by atoms with Crippen molar-refractivity contribution in [3.05, 3.63) is 28.2 Å². The molecule has 1 aromatic rings. The highest BCUT2D eigenvalue weighted by Crippen LogP contribution is 2.24. The van der Waals surface area contributed by atoms with E-state index in [2.05, 4.69) is 32.9 Å². The van der Waals surface area contributed by atoms with Crippen LogP contribution >= 0.6 is 15.9 Å². The van der Waals surface area contributed by atoms with Gasteiger partial charge in [-0.3, -0.25) is 4.72 Å². The van der Waals surface area contributed by atoms with Crippen LogP contribution in [0.1, 0.15) is 26.2 Å². The fraction of sp³-hybridized carbons (Fsp3) is 0.538. The predicted octanol–water partition coefficient (Wildman–Crippen LogP) is 3.25. The Balaban J connectivity index is 2.51. The van der Waals surface area contributed by atoms with Gasteiger partial charge in [-0.15, -0.1) is 0 Å². The molecular weight excluding hydrogens is 366 g/mol. The fourth-order valence-electron chi connectivity index (χ4n) is 1.66. The second-order valence-electron chi connectivity index (χ2n) is 4.62. The number of anilines is 1. The fourth-order valence-corrected chi connectivity index (χ4v) is 3.18. The molecule has 1 aromatic carbocycles. The van der Waals surface area contributed by atoms with Gasteiger partial charge in [0.1, 0.15) is 11.6 Å². The third kappa shape index (κ3) is 6.71. The first-order chi connectivity index (χ1) is 9.85. The van der Waals surface area contributed by atoms with Crippen LogP contribution in [0.25, 0.3) is 0 Å². The first-order valence-electron chi connectivity index (χ1n) is 6.71. The van der Waals surface area contributed by atoms with E-state index in [9.17, 15) is 17.2 Å². The summed E-state index contributed by atoms with van der Waals surface area (Å²) in [6.45, 7) is 3.70. The molecule has 0 aliphatic carbocycles. The molecule has 0 atom stereocenters. The van der Waals surface area contributed by atoms with Crippen LogP contribution in [0.15, 0.2) is 16.6 Å². The number of nitrogens with one attached hydrogen (secondary N) is 2. The Morgan fingerprint density at radius 2 is 1.86 bits per heavy atom. The molecule has 0 aliphatic rings. The highest BCUT2D eigenvalue weighted by Gasteiger charge is 2.15. The summed E-state index contributed by atoms with van der Waals surface area (Å²) in [6, 6.07) is 1.71. The average Bonchev–Trinajstić information content (AvgIpc) is 2.40. The van der Waals surface area contributed by atoms with Gasteiger partial charge in [-0.25, -0.2) is 17.2 Å². The predicted molar refractivity (Wildman–Crippen MR) is 83.9 cm³/mol. The monoisotopic (exact) mass is 384 g/mol. The van der Waals surface area contributed by atoms with Crippen LogP contribution in [0.3, 0.4) is 0 Å². The summed E-state index contributed by atoms with van der Waals surface area (Å²) in [7, 11) is -3.64. The quantitative estimate of drug-likeness (QED) is 0.507. The van der Waals surface area contributed by atoms with E-state index in [4.69, 9.17) is 0 Å². The number of hydrogen-bond acceptors (Lipinski definition) is 3. The number of sulfonamides is 1. The molecule has 0 saturated carbocycles. The van der Waals surface area contributed by atoms with Gasteiger partial charge in [-0.2, -0.15) is 0 Å². The zero-order chi connectivity index (χ0) is 15.9. The van der Waals surface area contributed by atoms with Crippen molar-refractivity contribution < 1.29 is 17.2 Å². The van der Waals surface area contributed by atoms with Crippen LogP contribution in [0.4, 0.5) is 14.5 Å².